The lowest BCUT2D eigenvalue weighted by molar-refractivity contribution is -0.137. The van der Waals surface area contributed by atoms with E-state index in [1.165, 1.54) is 0 Å². The van der Waals surface area contributed by atoms with Crippen LogP contribution in [0.15, 0.2) is 59.5 Å². The predicted octanol–water partition coefficient (Wildman–Crippen LogP) is 5.41. The lowest BCUT2D eigenvalue weighted by atomic mass is 9.63. The second kappa shape index (κ2) is 9.14. The van der Waals surface area contributed by atoms with Crippen LogP contribution in [0.25, 0.3) is 0 Å². The van der Waals surface area contributed by atoms with E-state index in [1.54, 1.807) is 6.08 Å². The fourth-order valence-corrected chi connectivity index (χ4v) is 5.77. The number of hydrogen-bond donors (Lipinski definition) is 1. The number of carboxylic acids is 1. The second-order valence-electron chi connectivity index (χ2n) is 11.5. The molecule has 1 heterocycles. The molecular formula is C29H35NO5. The van der Waals surface area contributed by atoms with Crippen molar-refractivity contribution < 1.29 is 24.2 Å². The van der Waals surface area contributed by atoms with E-state index in [-0.39, 0.29) is 35.4 Å². The quantitative estimate of drug-likeness (QED) is 0.529. The third-order valence-corrected chi connectivity index (χ3v) is 7.15. The topological polar surface area (TPSA) is 83.9 Å². The number of benzene rings is 1. The number of carbonyl (C=O) groups is 3. The molecule has 0 spiro atoms. The second-order valence-corrected chi connectivity index (χ2v) is 11.5. The Morgan fingerprint density at radius 3 is 1.97 bits per heavy atom. The monoisotopic (exact) mass is 477 g/mol. The molecule has 0 bridgehead atoms. The predicted molar refractivity (Wildman–Crippen MR) is 134 cm³/mol. The number of allylic oxidation sites excluding steroid dienone is 4. The number of ketones is 2. The van der Waals surface area contributed by atoms with Crippen molar-refractivity contribution >= 4 is 17.5 Å². The van der Waals surface area contributed by atoms with Gasteiger partial charge in [-0.3, -0.25) is 14.4 Å². The molecule has 1 N–H and O–H groups in total. The molecule has 0 saturated carbocycles. The number of aliphatic carboxylic acids is 1. The number of carboxylic acid groups (broad SMARTS) is 1. The first-order valence-electron chi connectivity index (χ1n) is 12.3. The fraction of sp³-hybridized carbons (Fsp3) is 0.483. The summed E-state index contributed by atoms with van der Waals surface area (Å²) in [5.41, 5.74) is 3.48. The van der Waals surface area contributed by atoms with Crippen LogP contribution in [-0.4, -0.2) is 40.7 Å². The number of hydrogen-bond acceptors (Lipinski definition) is 5. The van der Waals surface area contributed by atoms with Crippen LogP contribution in [0.2, 0.25) is 0 Å². The number of rotatable bonds is 7. The van der Waals surface area contributed by atoms with Crippen LogP contribution in [-0.2, 0) is 14.4 Å². The Labute approximate surface area is 207 Å². The van der Waals surface area contributed by atoms with Crippen LogP contribution in [0.4, 0.5) is 0 Å². The molecule has 6 heteroatoms. The summed E-state index contributed by atoms with van der Waals surface area (Å²) >= 11 is 0. The third kappa shape index (κ3) is 4.97. The Morgan fingerprint density at radius 1 is 1.00 bits per heavy atom. The average Bonchev–Trinajstić information content (AvgIpc) is 2.74. The molecule has 4 rings (SSSR count). The molecule has 0 radical (unpaired) electrons. The zero-order valence-electron chi connectivity index (χ0n) is 21.1. The van der Waals surface area contributed by atoms with E-state index in [9.17, 15) is 19.5 Å². The molecule has 0 unspecified atom stereocenters. The maximum absolute atomic E-state index is 13.7. The normalized spacial score (nSPS) is 21.5. The van der Waals surface area contributed by atoms with Gasteiger partial charge in [-0.05, 0) is 41.4 Å². The molecular weight excluding hydrogens is 442 g/mol. The van der Waals surface area contributed by atoms with Gasteiger partial charge in [0.1, 0.15) is 12.4 Å². The maximum Gasteiger partial charge on any atom is 0.305 e. The van der Waals surface area contributed by atoms with Gasteiger partial charge in [0.2, 0.25) is 0 Å². The molecule has 1 aliphatic heterocycles. The summed E-state index contributed by atoms with van der Waals surface area (Å²) < 4.78 is 5.64. The highest BCUT2D eigenvalue weighted by atomic mass is 16.5. The Balaban J connectivity index is 1.90. The lowest BCUT2D eigenvalue weighted by Crippen LogP contribution is -2.45. The van der Waals surface area contributed by atoms with E-state index < -0.39 is 11.9 Å². The van der Waals surface area contributed by atoms with Crippen LogP contribution >= 0.6 is 0 Å². The number of carbonyl (C=O) groups excluding carboxylic acids is 2. The molecule has 0 amide bonds. The van der Waals surface area contributed by atoms with Crippen LogP contribution in [0.1, 0.15) is 71.3 Å². The van der Waals surface area contributed by atoms with Crippen molar-refractivity contribution in [3.05, 3.63) is 65.0 Å². The van der Waals surface area contributed by atoms with Crippen LogP contribution in [0.5, 0.6) is 5.75 Å². The van der Waals surface area contributed by atoms with Gasteiger partial charge in [0, 0.05) is 47.8 Å². The fourth-order valence-electron chi connectivity index (χ4n) is 5.77. The molecule has 2 aliphatic carbocycles. The molecule has 1 aromatic carbocycles. The molecule has 0 atom stereocenters. The van der Waals surface area contributed by atoms with Gasteiger partial charge in [0.25, 0.3) is 0 Å². The van der Waals surface area contributed by atoms with Crippen molar-refractivity contribution in [1.82, 2.24) is 4.90 Å². The average molecular weight is 478 g/mol. The zero-order chi connectivity index (χ0) is 25.5. The number of ether oxygens (including phenoxy) is 1. The first-order chi connectivity index (χ1) is 16.4. The lowest BCUT2D eigenvalue weighted by Gasteiger charge is -2.49. The van der Waals surface area contributed by atoms with Crippen molar-refractivity contribution in [2.24, 2.45) is 10.8 Å². The molecule has 1 aromatic rings. The highest BCUT2D eigenvalue weighted by molar-refractivity contribution is 6.06. The minimum absolute atomic E-state index is 0.0396. The van der Waals surface area contributed by atoms with E-state index in [0.717, 1.165) is 17.0 Å². The molecule has 3 aliphatic rings. The van der Waals surface area contributed by atoms with E-state index in [1.807, 2.05) is 29.2 Å². The minimum atomic E-state index is -0.894. The molecule has 186 valence electrons. The molecule has 6 nitrogen and oxygen atoms in total. The Morgan fingerprint density at radius 2 is 1.51 bits per heavy atom. The Bertz CT molecular complexity index is 1080. The van der Waals surface area contributed by atoms with Gasteiger partial charge in [-0.1, -0.05) is 52.5 Å². The van der Waals surface area contributed by atoms with E-state index in [2.05, 4.69) is 34.3 Å². The van der Waals surface area contributed by atoms with Gasteiger partial charge >= 0.3 is 5.97 Å². The minimum Gasteiger partial charge on any atom is -0.490 e. The molecule has 35 heavy (non-hydrogen) atoms. The van der Waals surface area contributed by atoms with Gasteiger partial charge in [-0.25, -0.2) is 0 Å². The smallest absolute Gasteiger partial charge is 0.305 e. The summed E-state index contributed by atoms with van der Waals surface area (Å²) in [6, 6.07) is 7.60. The molecule has 0 aromatic heterocycles. The number of Topliss-reactive ketones (excluding diaryl/α,β-unsaturated/α-hetero) is 2. The maximum atomic E-state index is 13.7. The summed E-state index contributed by atoms with van der Waals surface area (Å²) in [4.78, 5) is 40.9. The van der Waals surface area contributed by atoms with Crippen LogP contribution in [0, 0.1) is 10.8 Å². The van der Waals surface area contributed by atoms with Crippen molar-refractivity contribution in [3.63, 3.8) is 0 Å². The summed E-state index contributed by atoms with van der Waals surface area (Å²) in [7, 11) is 0. The summed E-state index contributed by atoms with van der Waals surface area (Å²) in [6.07, 6.45) is 3.75. The highest BCUT2D eigenvalue weighted by Gasteiger charge is 2.48. The number of nitrogens with zero attached hydrogens (tertiary/aromatic N) is 1. The Kier molecular flexibility index (Phi) is 6.52. The van der Waals surface area contributed by atoms with Crippen LogP contribution < -0.4 is 4.74 Å². The van der Waals surface area contributed by atoms with Crippen LogP contribution in [0.3, 0.4) is 0 Å². The van der Waals surface area contributed by atoms with Gasteiger partial charge in [0.05, 0.1) is 6.42 Å². The molecule has 0 fully saturated rings. The summed E-state index contributed by atoms with van der Waals surface area (Å²) in [5, 5.41) is 9.45. The van der Waals surface area contributed by atoms with Crippen molar-refractivity contribution in [3.8, 4) is 5.75 Å². The van der Waals surface area contributed by atoms with Gasteiger partial charge in [0.15, 0.2) is 11.6 Å². The van der Waals surface area contributed by atoms with E-state index >= 15 is 0 Å². The van der Waals surface area contributed by atoms with E-state index in [0.29, 0.717) is 49.2 Å². The van der Waals surface area contributed by atoms with Crippen molar-refractivity contribution in [2.75, 3.05) is 13.2 Å². The third-order valence-electron chi connectivity index (χ3n) is 7.15. The van der Waals surface area contributed by atoms with E-state index in [4.69, 9.17) is 4.74 Å². The van der Waals surface area contributed by atoms with Crippen molar-refractivity contribution in [2.45, 2.75) is 65.7 Å². The first-order valence-corrected chi connectivity index (χ1v) is 12.3. The standard InChI is InChI=1S/C29H35NO5/c1-6-13-35-19-9-7-18(8-10-19)25-26-20(14-28(2,3)16-22(26)31)30(12-11-24(33)34)21-15-29(4,5)17-23(32)27(21)25/h6-10,25H,1,11-17H2,2-5H3,(H,33,34). The summed E-state index contributed by atoms with van der Waals surface area (Å²) in [5.74, 6) is -0.560. The van der Waals surface area contributed by atoms with Crippen molar-refractivity contribution in [1.29, 1.82) is 0 Å². The Hall–Kier alpha value is -3.15. The SMILES string of the molecule is C=CCOc1ccc(C2C3=C(CC(C)(C)CC3=O)N(CCC(=O)O)C3=C2C(=O)CC(C)(C)C3)cc1. The molecule has 0 saturated heterocycles. The first kappa shape index (κ1) is 25.0. The van der Waals surface area contributed by atoms with Gasteiger partial charge in [-0.2, -0.15) is 0 Å². The van der Waals surface area contributed by atoms with Gasteiger partial charge in [-0.15, -0.1) is 0 Å². The zero-order valence-corrected chi connectivity index (χ0v) is 21.1. The summed E-state index contributed by atoms with van der Waals surface area (Å²) in [6.45, 7) is 12.6. The largest absolute Gasteiger partial charge is 0.490 e. The highest BCUT2D eigenvalue weighted by Crippen LogP contribution is 2.54. The van der Waals surface area contributed by atoms with Gasteiger partial charge < -0.3 is 14.7 Å².